The van der Waals surface area contributed by atoms with Gasteiger partial charge in [0.1, 0.15) is 0 Å². The first-order valence-corrected chi connectivity index (χ1v) is 7.97. The van der Waals surface area contributed by atoms with Crippen LogP contribution in [0.5, 0.6) is 0 Å². The van der Waals surface area contributed by atoms with Crippen LogP contribution >= 0.6 is 11.3 Å². The van der Waals surface area contributed by atoms with Crippen molar-refractivity contribution in [3.63, 3.8) is 0 Å². The Balaban J connectivity index is 1.67. The third-order valence-electron chi connectivity index (χ3n) is 3.98. The zero-order valence-electron chi connectivity index (χ0n) is 12.3. The van der Waals surface area contributed by atoms with Gasteiger partial charge >= 0.3 is 0 Å². The number of nitrogens with zero attached hydrogens (tertiary/aromatic N) is 2. The smallest absolute Gasteiger partial charge is 0.240 e. The number of amides is 1. The summed E-state index contributed by atoms with van der Waals surface area (Å²) < 4.78 is 0. The number of benzene rings is 1. The molecule has 5 heteroatoms. The predicted octanol–water partition coefficient (Wildman–Crippen LogP) is 2.12. The van der Waals surface area contributed by atoms with E-state index in [1.807, 2.05) is 31.6 Å². The fraction of sp³-hybridized carbons (Fsp3) is 0.375. The molecule has 1 aliphatic rings. The van der Waals surface area contributed by atoms with Crippen LogP contribution < -0.4 is 5.32 Å². The van der Waals surface area contributed by atoms with Crippen LogP contribution in [-0.2, 0) is 24.3 Å². The van der Waals surface area contributed by atoms with Crippen LogP contribution in [0.15, 0.2) is 29.8 Å². The minimum Gasteiger partial charge on any atom is -0.339 e. The molecule has 0 bridgehead atoms. The van der Waals surface area contributed by atoms with Gasteiger partial charge in [-0.25, -0.2) is 4.98 Å². The first-order chi connectivity index (χ1) is 10.1. The molecular formula is C16H19N3OS. The summed E-state index contributed by atoms with van der Waals surface area (Å²) in [5.41, 5.74) is 5.42. The monoisotopic (exact) mass is 301 g/mol. The Hall–Kier alpha value is -1.72. The molecule has 3 rings (SSSR count). The number of fused-ring (bicyclic) bond motifs is 1. The number of nitrogens with one attached hydrogen (secondary N) is 1. The third-order valence-corrected chi connectivity index (χ3v) is 4.90. The lowest BCUT2D eigenvalue weighted by Gasteiger charge is -2.29. The van der Waals surface area contributed by atoms with Crippen molar-refractivity contribution in [2.45, 2.75) is 32.5 Å². The second kappa shape index (κ2) is 5.95. The summed E-state index contributed by atoms with van der Waals surface area (Å²) in [7, 11) is 1.86. The number of carbonyl (C=O) groups is 1. The highest BCUT2D eigenvalue weighted by Crippen LogP contribution is 2.19. The van der Waals surface area contributed by atoms with E-state index < -0.39 is 0 Å². The Morgan fingerprint density at radius 3 is 2.90 bits per heavy atom. The molecule has 0 unspecified atom stereocenters. The van der Waals surface area contributed by atoms with E-state index in [4.69, 9.17) is 0 Å². The first-order valence-electron chi connectivity index (χ1n) is 7.09. The van der Waals surface area contributed by atoms with Crippen LogP contribution in [0.3, 0.4) is 0 Å². The van der Waals surface area contributed by atoms with Gasteiger partial charge in [0.05, 0.1) is 23.8 Å². The molecular weight excluding hydrogens is 282 g/mol. The lowest BCUT2D eigenvalue weighted by atomic mass is 9.95. The second-order valence-electron chi connectivity index (χ2n) is 5.46. The van der Waals surface area contributed by atoms with Gasteiger partial charge in [0.15, 0.2) is 0 Å². The van der Waals surface area contributed by atoms with E-state index in [-0.39, 0.29) is 11.9 Å². The van der Waals surface area contributed by atoms with E-state index in [0.29, 0.717) is 6.54 Å². The maximum Gasteiger partial charge on any atom is 0.240 e. The summed E-state index contributed by atoms with van der Waals surface area (Å²) in [5, 5.41) is 3.35. The fourth-order valence-corrected chi connectivity index (χ4v) is 3.50. The normalized spacial score (nSPS) is 17.3. The van der Waals surface area contributed by atoms with Gasteiger partial charge in [0.25, 0.3) is 0 Å². The van der Waals surface area contributed by atoms with Crippen molar-refractivity contribution in [1.82, 2.24) is 15.2 Å². The Kier molecular flexibility index (Phi) is 4.03. The molecule has 0 radical (unpaired) electrons. The molecule has 0 spiro atoms. The average molecular weight is 301 g/mol. The SMILES string of the molecule is Cc1ncsc1CN(C)C(=O)[C@H]1Cc2ccccc2CN1. The molecule has 0 aliphatic carbocycles. The van der Waals surface area contributed by atoms with Crippen LogP contribution in [0.2, 0.25) is 0 Å². The topological polar surface area (TPSA) is 45.2 Å². The van der Waals surface area contributed by atoms with Crippen LogP contribution in [0, 0.1) is 6.92 Å². The molecule has 21 heavy (non-hydrogen) atoms. The number of likely N-dealkylation sites (N-methyl/N-ethyl adjacent to an activating group) is 1. The summed E-state index contributed by atoms with van der Waals surface area (Å²) in [4.78, 5) is 19.8. The van der Waals surface area contributed by atoms with Crippen molar-refractivity contribution in [1.29, 1.82) is 0 Å². The van der Waals surface area contributed by atoms with Crippen molar-refractivity contribution >= 4 is 17.2 Å². The number of carbonyl (C=O) groups excluding carboxylic acids is 1. The molecule has 4 nitrogen and oxygen atoms in total. The summed E-state index contributed by atoms with van der Waals surface area (Å²) >= 11 is 1.61. The molecule has 0 saturated carbocycles. The van der Waals surface area contributed by atoms with Gasteiger partial charge in [-0.05, 0) is 24.5 Å². The largest absolute Gasteiger partial charge is 0.339 e. The molecule has 1 aromatic heterocycles. The third kappa shape index (κ3) is 2.99. The lowest BCUT2D eigenvalue weighted by Crippen LogP contribution is -2.48. The van der Waals surface area contributed by atoms with Crippen LogP contribution in [-0.4, -0.2) is 28.9 Å². The number of thiazole rings is 1. The van der Waals surface area contributed by atoms with Crippen molar-refractivity contribution in [3.05, 3.63) is 51.5 Å². The Morgan fingerprint density at radius 1 is 1.43 bits per heavy atom. The van der Waals surface area contributed by atoms with Crippen molar-refractivity contribution in [2.24, 2.45) is 0 Å². The van der Waals surface area contributed by atoms with E-state index in [1.165, 1.54) is 11.1 Å². The standard InChI is InChI=1S/C16H19N3OS/c1-11-15(21-10-18-11)9-19(2)16(20)14-7-12-5-3-4-6-13(12)8-17-14/h3-6,10,14,17H,7-9H2,1-2H3/t14-/m1/s1. The molecule has 1 atom stereocenters. The van der Waals surface area contributed by atoms with Gasteiger partial charge < -0.3 is 10.2 Å². The maximum absolute atomic E-state index is 12.6. The fourth-order valence-electron chi connectivity index (χ4n) is 2.67. The molecule has 2 aromatic rings. The first kappa shape index (κ1) is 14.2. The molecule has 0 saturated heterocycles. The minimum absolute atomic E-state index is 0.127. The molecule has 1 aromatic carbocycles. The Labute approximate surface area is 128 Å². The molecule has 1 aliphatic heterocycles. The molecule has 1 N–H and O–H groups in total. The molecule has 0 fully saturated rings. The minimum atomic E-state index is -0.127. The highest BCUT2D eigenvalue weighted by molar-refractivity contribution is 7.09. The Morgan fingerprint density at radius 2 is 2.19 bits per heavy atom. The van der Waals surface area contributed by atoms with Gasteiger partial charge in [0.2, 0.25) is 5.91 Å². The summed E-state index contributed by atoms with van der Waals surface area (Å²) in [6, 6.07) is 8.19. The van der Waals surface area contributed by atoms with E-state index in [2.05, 4.69) is 22.4 Å². The summed E-state index contributed by atoms with van der Waals surface area (Å²) in [6.07, 6.45) is 0.765. The highest BCUT2D eigenvalue weighted by Gasteiger charge is 2.26. The summed E-state index contributed by atoms with van der Waals surface area (Å²) in [6.45, 7) is 3.38. The number of hydrogen-bond acceptors (Lipinski definition) is 4. The van der Waals surface area contributed by atoms with Crippen LogP contribution in [0.25, 0.3) is 0 Å². The zero-order valence-corrected chi connectivity index (χ0v) is 13.1. The maximum atomic E-state index is 12.6. The van der Waals surface area contributed by atoms with Gasteiger partial charge in [-0.1, -0.05) is 24.3 Å². The van der Waals surface area contributed by atoms with Gasteiger partial charge in [-0.15, -0.1) is 11.3 Å². The van der Waals surface area contributed by atoms with Crippen LogP contribution in [0.1, 0.15) is 21.7 Å². The average Bonchev–Trinajstić information content (AvgIpc) is 2.91. The highest BCUT2D eigenvalue weighted by atomic mass is 32.1. The second-order valence-corrected chi connectivity index (χ2v) is 6.40. The van der Waals surface area contributed by atoms with E-state index in [0.717, 1.165) is 23.5 Å². The number of aryl methyl sites for hydroxylation is 1. The molecule has 1 amide bonds. The van der Waals surface area contributed by atoms with E-state index in [9.17, 15) is 4.79 Å². The van der Waals surface area contributed by atoms with Gasteiger partial charge in [0, 0.05) is 18.5 Å². The van der Waals surface area contributed by atoms with Crippen LogP contribution in [0.4, 0.5) is 0 Å². The quantitative estimate of drug-likeness (QED) is 0.944. The predicted molar refractivity (Wildman–Crippen MR) is 84.1 cm³/mol. The number of aromatic nitrogens is 1. The molecule has 2 heterocycles. The number of hydrogen-bond donors (Lipinski definition) is 1. The van der Waals surface area contributed by atoms with Crippen molar-refractivity contribution < 1.29 is 4.79 Å². The lowest BCUT2D eigenvalue weighted by molar-refractivity contribution is -0.132. The van der Waals surface area contributed by atoms with Gasteiger partial charge in [-0.3, -0.25) is 4.79 Å². The van der Waals surface area contributed by atoms with Crippen molar-refractivity contribution in [2.75, 3.05) is 7.05 Å². The number of rotatable bonds is 3. The van der Waals surface area contributed by atoms with Crippen molar-refractivity contribution in [3.8, 4) is 0 Å². The molecule has 110 valence electrons. The Bertz CT molecular complexity index is 652. The summed E-state index contributed by atoms with van der Waals surface area (Å²) in [5.74, 6) is 0.150. The van der Waals surface area contributed by atoms with E-state index in [1.54, 1.807) is 16.2 Å². The van der Waals surface area contributed by atoms with E-state index >= 15 is 0 Å². The van der Waals surface area contributed by atoms with Gasteiger partial charge in [-0.2, -0.15) is 0 Å². The zero-order chi connectivity index (χ0) is 14.8.